The van der Waals surface area contributed by atoms with Crippen LogP contribution in [0.2, 0.25) is 51.1 Å². The van der Waals surface area contributed by atoms with Crippen molar-refractivity contribution < 1.29 is 13.6 Å². The number of allylic oxidation sites excluding steroid dienone is 1. The van der Waals surface area contributed by atoms with E-state index in [1.165, 1.54) is 9.16 Å². The zero-order chi connectivity index (χ0) is 27.5. The molecule has 0 N–H and O–H groups in total. The van der Waals surface area contributed by atoms with Gasteiger partial charge in [-0.15, -0.1) is 0 Å². The average molecular weight is 632 g/mol. The van der Waals surface area contributed by atoms with Crippen LogP contribution in [0.15, 0.2) is 21.8 Å². The average Bonchev–Trinajstić information content (AvgIpc) is 2.79. The minimum atomic E-state index is -2.04. The van der Waals surface area contributed by atoms with Gasteiger partial charge in [0.15, 0.2) is 0 Å². The van der Waals surface area contributed by atoms with Gasteiger partial charge in [-0.25, -0.2) is 0 Å². The van der Waals surface area contributed by atoms with E-state index in [-0.39, 0.29) is 21.8 Å². The van der Waals surface area contributed by atoms with Crippen molar-refractivity contribution in [2.45, 2.75) is 143 Å². The molecule has 2 atom stereocenters. The van der Waals surface area contributed by atoms with Crippen LogP contribution < -0.4 is 0 Å². The van der Waals surface area contributed by atoms with E-state index < -0.39 is 35.0 Å². The summed E-state index contributed by atoms with van der Waals surface area (Å²) in [6.45, 7) is 31.4. The Kier molecular flexibility index (Phi) is 11.7. The molecule has 1 saturated heterocycles. The Bertz CT molecular complexity index is 738. The molecular weight excluding hydrogens is 571 g/mol. The first kappa shape index (κ1) is 33.6. The van der Waals surface area contributed by atoms with Gasteiger partial charge in [0.05, 0.1) is 0 Å². The Morgan fingerprint density at radius 2 is 1.60 bits per heavy atom. The van der Waals surface area contributed by atoms with Crippen molar-refractivity contribution in [2.75, 3.05) is 13.2 Å². The molecule has 3 nitrogen and oxygen atoms in total. The van der Waals surface area contributed by atoms with Crippen LogP contribution in [0.4, 0.5) is 0 Å². The molecule has 1 aliphatic heterocycles. The number of rotatable bonds is 10. The maximum absolute atomic E-state index is 7.07. The molecular formula is C29H60O3Si2Sn. The molecule has 0 radical (unpaired) electrons. The van der Waals surface area contributed by atoms with Crippen LogP contribution >= 0.6 is 0 Å². The number of hydrogen-bond donors (Lipinski definition) is 0. The van der Waals surface area contributed by atoms with E-state index in [2.05, 4.69) is 102 Å². The molecule has 0 unspecified atom stereocenters. The Hall–Kier alpha value is 0.592. The van der Waals surface area contributed by atoms with Crippen LogP contribution in [0, 0.1) is 0 Å². The normalized spacial score (nSPS) is 24.5. The minimum absolute atomic E-state index is 0.127. The van der Waals surface area contributed by atoms with Crippen LogP contribution in [0.5, 0.6) is 0 Å². The van der Waals surface area contributed by atoms with Gasteiger partial charge in [0.25, 0.3) is 0 Å². The number of ether oxygens (including phenoxy) is 1. The van der Waals surface area contributed by atoms with Crippen LogP contribution in [0.25, 0.3) is 0 Å². The van der Waals surface area contributed by atoms with Gasteiger partial charge < -0.3 is 0 Å². The van der Waals surface area contributed by atoms with E-state index >= 15 is 0 Å². The van der Waals surface area contributed by atoms with Crippen molar-refractivity contribution in [3.05, 3.63) is 21.8 Å². The van der Waals surface area contributed by atoms with E-state index in [1.54, 1.807) is 0 Å². The molecule has 0 aromatic rings. The van der Waals surface area contributed by atoms with Crippen LogP contribution in [-0.4, -0.2) is 59.9 Å². The summed E-state index contributed by atoms with van der Waals surface area (Å²) in [7, 11) is -3.66. The third-order valence-electron chi connectivity index (χ3n) is 9.07. The Balaban J connectivity index is 3.04. The van der Waals surface area contributed by atoms with Crippen molar-refractivity contribution >= 4 is 35.0 Å². The monoisotopic (exact) mass is 632 g/mol. The summed E-state index contributed by atoms with van der Waals surface area (Å²) in [5.74, 6) is 0. The predicted molar refractivity (Wildman–Crippen MR) is 163 cm³/mol. The first-order valence-corrected chi connectivity index (χ1v) is 29.6. The molecule has 1 fully saturated rings. The SMILES string of the molecule is C=[C](CCC[C@]1(C)OC/C(=C/CO[Si](C)(C)C(C)(C)C)CC[C@H]1O[Si](C)(C)C(C)(C)C)[Sn]([CH3])([CH3])[CH3]. The molecule has 6 heteroatoms. The second kappa shape index (κ2) is 12.2. The topological polar surface area (TPSA) is 27.7 Å². The summed E-state index contributed by atoms with van der Waals surface area (Å²) < 4.78 is 21.8. The Labute approximate surface area is 226 Å². The molecule has 0 aromatic carbocycles. The molecule has 0 spiro atoms. The summed E-state index contributed by atoms with van der Waals surface area (Å²) in [6, 6.07) is 0. The molecule has 206 valence electrons. The second-order valence-corrected chi connectivity index (χ2v) is 39.6. The fourth-order valence-corrected chi connectivity index (χ4v) is 8.78. The second-order valence-electron chi connectivity index (χ2n) is 15.1. The first-order chi connectivity index (χ1) is 15.5. The summed E-state index contributed by atoms with van der Waals surface area (Å²) in [5.41, 5.74) is 1.10. The van der Waals surface area contributed by atoms with E-state index in [9.17, 15) is 0 Å². The van der Waals surface area contributed by atoms with E-state index in [4.69, 9.17) is 13.6 Å². The van der Waals surface area contributed by atoms with Gasteiger partial charge in [-0.3, -0.25) is 0 Å². The zero-order valence-corrected chi connectivity index (χ0v) is 30.9. The Morgan fingerprint density at radius 3 is 2.09 bits per heavy atom. The summed E-state index contributed by atoms with van der Waals surface area (Å²) in [4.78, 5) is 7.40. The van der Waals surface area contributed by atoms with Gasteiger partial charge in [-0.1, -0.05) is 20.8 Å². The van der Waals surface area contributed by atoms with Crippen molar-refractivity contribution in [3.8, 4) is 0 Å². The molecule has 35 heavy (non-hydrogen) atoms. The molecule has 0 aliphatic carbocycles. The van der Waals surface area contributed by atoms with Gasteiger partial charge >= 0.3 is 188 Å². The summed E-state index contributed by atoms with van der Waals surface area (Å²) in [6.07, 6.45) is 7.77. The zero-order valence-electron chi connectivity index (χ0n) is 26.0. The molecule has 1 rings (SSSR count). The van der Waals surface area contributed by atoms with Crippen LogP contribution in [0.1, 0.15) is 80.6 Å². The first-order valence-electron chi connectivity index (χ1n) is 13.8. The van der Waals surface area contributed by atoms with Crippen molar-refractivity contribution in [3.63, 3.8) is 0 Å². The molecule has 1 heterocycles. The molecule has 0 saturated carbocycles. The Morgan fingerprint density at radius 1 is 1.06 bits per heavy atom. The number of hydrogen-bond acceptors (Lipinski definition) is 3. The van der Waals surface area contributed by atoms with Gasteiger partial charge in [0.1, 0.15) is 0 Å². The molecule has 1 aliphatic rings. The fourth-order valence-electron chi connectivity index (χ4n) is 3.77. The summed E-state index contributed by atoms with van der Waals surface area (Å²) >= 11 is -2.04. The third kappa shape index (κ3) is 10.0. The standard InChI is InChI=1S/C26H51O3Si2.3CH3.Sn/c1-13-14-15-19-26(8)23(29-31(11,12)25(5,6)7)17-16-22(21-27-26)18-20-28-30(9,10)24(2,3)4;;;;/h18,23H,1,14-17,19-21H2,2-12H3;3*1H3;/b22-18+;;;;/t23-,26+;;;;/m1..../s1. The third-order valence-corrected chi connectivity index (χ3v) is 24.8. The molecule has 0 bridgehead atoms. The van der Waals surface area contributed by atoms with Crippen molar-refractivity contribution in [2.24, 2.45) is 0 Å². The fraction of sp³-hybridized carbons (Fsp3) is 0.862. The van der Waals surface area contributed by atoms with Crippen molar-refractivity contribution in [1.29, 1.82) is 0 Å². The van der Waals surface area contributed by atoms with E-state index in [0.717, 1.165) is 32.1 Å². The summed E-state index contributed by atoms with van der Waals surface area (Å²) in [5, 5.41) is 0.415. The quantitative estimate of drug-likeness (QED) is 0.178. The van der Waals surface area contributed by atoms with E-state index in [1.807, 2.05) is 0 Å². The van der Waals surface area contributed by atoms with Crippen LogP contribution in [-0.2, 0) is 13.6 Å². The van der Waals surface area contributed by atoms with Crippen molar-refractivity contribution in [1.82, 2.24) is 0 Å². The van der Waals surface area contributed by atoms with Gasteiger partial charge in [-0.2, -0.15) is 0 Å². The van der Waals surface area contributed by atoms with Crippen LogP contribution in [0.3, 0.4) is 0 Å². The van der Waals surface area contributed by atoms with Gasteiger partial charge in [-0.05, 0) is 18.1 Å². The molecule has 0 aromatic heterocycles. The predicted octanol–water partition coefficient (Wildman–Crippen LogP) is 9.50. The molecule has 0 amide bonds. The van der Waals surface area contributed by atoms with Gasteiger partial charge in [0.2, 0.25) is 0 Å². The maximum atomic E-state index is 7.07. The van der Waals surface area contributed by atoms with Gasteiger partial charge in [0, 0.05) is 0 Å². The van der Waals surface area contributed by atoms with E-state index in [0.29, 0.717) is 13.2 Å².